The van der Waals surface area contributed by atoms with Gasteiger partial charge in [0.1, 0.15) is 0 Å². The third-order valence-electron chi connectivity index (χ3n) is 0.500. The van der Waals surface area contributed by atoms with Crippen molar-refractivity contribution in [3.8, 4) is 0 Å². The molecule has 0 radical (unpaired) electrons. The summed E-state index contributed by atoms with van der Waals surface area (Å²) in [6.45, 7) is 30.6. The molecule has 0 bridgehead atoms. The van der Waals surface area contributed by atoms with Crippen molar-refractivity contribution in [2.75, 3.05) is 0 Å². The summed E-state index contributed by atoms with van der Waals surface area (Å²) in [6, 6.07) is 0. The van der Waals surface area contributed by atoms with Gasteiger partial charge in [-0.2, -0.15) is 13.5 Å². The topological polar surface area (TPSA) is 35.0 Å². The van der Waals surface area contributed by atoms with Gasteiger partial charge in [-0.3, -0.25) is 0 Å². The highest BCUT2D eigenvalue weighted by Crippen LogP contribution is 1.76. The zero-order valence-electron chi connectivity index (χ0n) is 16.7. The highest BCUT2D eigenvalue weighted by Gasteiger charge is 1.56. The van der Waals surface area contributed by atoms with Crippen molar-refractivity contribution in [1.29, 1.82) is 0 Å². The summed E-state index contributed by atoms with van der Waals surface area (Å²) in [7, 11) is 0. The van der Waals surface area contributed by atoms with E-state index in [1.54, 1.807) is 0 Å². The van der Waals surface area contributed by atoms with Gasteiger partial charge >= 0.3 is 0 Å². The number of unbranched alkanes of at least 4 members (excludes halogenated alkanes) is 1. The summed E-state index contributed by atoms with van der Waals surface area (Å²) in [5.41, 5.74) is 0. The maximum atomic E-state index is 3.00. The lowest BCUT2D eigenvalue weighted by Gasteiger charge is -1.68. The Balaban J connectivity index is -0.00000000884. The molecule has 0 saturated heterocycles. The van der Waals surface area contributed by atoms with Gasteiger partial charge < -0.3 is 6.15 Å². The van der Waals surface area contributed by atoms with Crippen molar-refractivity contribution in [3.63, 3.8) is 0 Å². The zero-order chi connectivity index (χ0) is 16.1. The number of rotatable bonds is 1. The zero-order valence-corrected chi connectivity index (χ0v) is 17.7. The minimum absolute atomic E-state index is 0. The fraction of sp³-hybridized carbons (Fsp3) is 0.882. The first-order valence-corrected chi connectivity index (χ1v) is 7.83. The molecule has 0 fully saturated rings. The van der Waals surface area contributed by atoms with Crippen LogP contribution in [0.15, 0.2) is 13.2 Å². The molecular formula is C17H51NS. The molecule has 0 aliphatic rings. The first kappa shape index (κ1) is 61.4. The summed E-state index contributed by atoms with van der Waals surface area (Å²) in [6.07, 6.45) is 3.89. The van der Waals surface area contributed by atoms with E-state index >= 15 is 0 Å². The molecule has 0 aliphatic carbocycles. The van der Waals surface area contributed by atoms with Crippen LogP contribution >= 0.6 is 13.5 Å². The Morgan fingerprint density at radius 1 is 0.526 bits per heavy atom. The molecule has 0 spiro atoms. The Labute approximate surface area is 135 Å². The van der Waals surface area contributed by atoms with E-state index in [2.05, 4.69) is 40.9 Å². The second kappa shape index (κ2) is 564. The molecule has 0 aromatic heterocycles. The average Bonchev–Trinajstić information content (AvgIpc) is 2.50. The van der Waals surface area contributed by atoms with E-state index in [1.165, 1.54) is 19.3 Å². The largest absolute Gasteiger partial charge is 0.344 e. The number of hydrogen-bond acceptors (Lipinski definition) is 1. The molecule has 3 N–H and O–H groups in total. The van der Waals surface area contributed by atoms with E-state index in [0.717, 1.165) is 0 Å². The standard InChI is InChI=1S/C4H10.C3H8.4C2H6.C2H4.H3N.H2S/c1-3-4-2;1-3-2;5*1-2;;/h3-4H2,1-2H3;3H2,1-2H3;4*1-2H3;1-2H2;1H3;1H2. The summed E-state index contributed by atoms with van der Waals surface area (Å²) in [5.74, 6) is 0. The molecule has 0 atom stereocenters. The van der Waals surface area contributed by atoms with Crippen LogP contribution in [0.3, 0.4) is 0 Å². The van der Waals surface area contributed by atoms with Crippen molar-refractivity contribution < 1.29 is 0 Å². The van der Waals surface area contributed by atoms with Crippen LogP contribution in [0.4, 0.5) is 0 Å². The summed E-state index contributed by atoms with van der Waals surface area (Å²) < 4.78 is 0. The van der Waals surface area contributed by atoms with Crippen LogP contribution in [0.5, 0.6) is 0 Å². The fourth-order valence-electron chi connectivity index (χ4n) is 0. The van der Waals surface area contributed by atoms with Gasteiger partial charge in [0.15, 0.2) is 0 Å². The van der Waals surface area contributed by atoms with Crippen molar-refractivity contribution in [3.05, 3.63) is 13.2 Å². The first-order valence-electron chi connectivity index (χ1n) is 7.83. The van der Waals surface area contributed by atoms with Gasteiger partial charge in [0.05, 0.1) is 0 Å². The minimum atomic E-state index is 0. The average molecular weight is 302 g/mol. The summed E-state index contributed by atoms with van der Waals surface area (Å²) in [5, 5.41) is 0. The smallest absolute Gasteiger partial charge is 0.0564 e. The normalized spacial score (nSPS) is 4.00. The molecule has 0 aliphatic heterocycles. The summed E-state index contributed by atoms with van der Waals surface area (Å²) in [4.78, 5) is 0. The maximum Gasteiger partial charge on any atom is -0.0564 e. The van der Waals surface area contributed by atoms with Crippen molar-refractivity contribution in [2.24, 2.45) is 0 Å². The monoisotopic (exact) mass is 301 g/mol. The van der Waals surface area contributed by atoms with E-state index in [9.17, 15) is 0 Å². The highest BCUT2D eigenvalue weighted by molar-refractivity contribution is 7.59. The molecule has 0 aromatic carbocycles. The van der Waals surface area contributed by atoms with Crippen LogP contribution in [0, 0.1) is 0 Å². The van der Waals surface area contributed by atoms with Gasteiger partial charge in [0.25, 0.3) is 0 Å². The van der Waals surface area contributed by atoms with E-state index in [4.69, 9.17) is 0 Å². The van der Waals surface area contributed by atoms with E-state index < -0.39 is 0 Å². The third-order valence-corrected chi connectivity index (χ3v) is 0.500. The van der Waals surface area contributed by atoms with Gasteiger partial charge in [-0.05, 0) is 0 Å². The molecular weight excluding hydrogens is 250 g/mol. The molecule has 2 heteroatoms. The lowest BCUT2D eigenvalue weighted by molar-refractivity contribution is 0.886. The highest BCUT2D eigenvalue weighted by atomic mass is 32.1. The van der Waals surface area contributed by atoms with Crippen molar-refractivity contribution in [2.45, 2.75) is 102 Å². The van der Waals surface area contributed by atoms with E-state index in [-0.39, 0.29) is 19.6 Å². The van der Waals surface area contributed by atoms with Crippen molar-refractivity contribution >= 4 is 13.5 Å². The van der Waals surface area contributed by atoms with Gasteiger partial charge in [-0.1, -0.05) is 102 Å². The van der Waals surface area contributed by atoms with E-state index in [0.29, 0.717) is 0 Å². The fourth-order valence-corrected chi connectivity index (χ4v) is 0. The Bertz CT molecular complexity index is 25.2. The molecule has 1 nitrogen and oxygen atoms in total. The second-order valence-corrected chi connectivity index (χ2v) is 1.71. The Morgan fingerprint density at radius 2 is 0.579 bits per heavy atom. The van der Waals surface area contributed by atoms with Gasteiger partial charge in [-0.15, -0.1) is 13.2 Å². The van der Waals surface area contributed by atoms with E-state index in [1.807, 2.05) is 55.4 Å². The second-order valence-electron chi connectivity index (χ2n) is 1.71. The van der Waals surface area contributed by atoms with Crippen LogP contribution in [-0.2, 0) is 0 Å². The van der Waals surface area contributed by atoms with Crippen LogP contribution in [0.2, 0.25) is 0 Å². The van der Waals surface area contributed by atoms with Crippen LogP contribution in [-0.4, -0.2) is 0 Å². The SMILES string of the molecule is C=C.CC.CC.CC.CC.CCC.CCCC.N.S. The Morgan fingerprint density at radius 3 is 0.579 bits per heavy atom. The maximum absolute atomic E-state index is 3.00. The molecule has 130 valence electrons. The Hall–Kier alpha value is 0.0500. The van der Waals surface area contributed by atoms with Crippen LogP contribution in [0.25, 0.3) is 0 Å². The van der Waals surface area contributed by atoms with Crippen LogP contribution in [0.1, 0.15) is 102 Å². The number of hydrogen-bond donors (Lipinski definition) is 1. The lowest BCUT2D eigenvalue weighted by atomic mass is 10.4. The predicted octanol–water partition coefficient (Wildman–Crippen LogP) is 8.40. The lowest BCUT2D eigenvalue weighted by Crippen LogP contribution is -1.47. The predicted molar refractivity (Wildman–Crippen MR) is 109 cm³/mol. The molecule has 0 unspecified atom stereocenters. The molecule has 0 aromatic rings. The molecule has 0 rings (SSSR count). The van der Waals surface area contributed by atoms with Gasteiger partial charge in [-0.25, -0.2) is 0 Å². The molecule has 19 heavy (non-hydrogen) atoms. The minimum Gasteiger partial charge on any atom is -0.344 e. The van der Waals surface area contributed by atoms with Crippen LogP contribution < -0.4 is 6.15 Å². The quantitative estimate of drug-likeness (QED) is 0.485. The summed E-state index contributed by atoms with van der Waals surface area (Å²) >= 11 is 0. The first-order chi connectivity index (χ1) is 8.33. The van der Waals surface area contributed by atoms with Gasteiger partial charge in [0.2, 0.25) is 0 Å². The molecule has 0 saturated carbocycles. The van der Waals surface area contributed by atoms with Crippen molar-refractivity contribution in [1.82, 2.24) is 6.15 Å². The van der Waals surface area contributed by atoms with Gasteiger partial charge in [0, 0.05) is 0 Å². The Kier molecular flexibility index (Phi) is 1820. The molecule has 0 amide bonds. The molecule has 0 heterocycles. The third kappa shape index (κ3) is 4220.